The molecule has 0 fully saturated rings. The van der Waals surface area contributed by atoms with E-state index in [0.29, 0.717) is 11.1 Å². The van der Waals surface area contributed by atoms with E-state index in [1.54, 1.807) is 24.3 Å². The highest BCUT2D eigenvalue weighted by atomic mass is 16.3. The topological polar surface area (TPSA) is 57.5 Å². The van der Waals surface area contributed by atoms with E-state index < -0.39 is 12.2 Å². The zero-order valence-electron chi connectivity index (χ0n) is 7.90. The molecule has 0 saturated carbocycles. The molecule has 3 nitrogen and oxygen atoms in total. The van der Waals surface area contributed by atoms with E-state index in [1.165, 1.54) is 0 Å². The standard InChI is InChI=1S/C10H10O3/c11-8-5-9(12)10(13)7-4-2-1-3-6(7)8/h1-4,9-10,12-13H,5H2/t9-,10+/m0/s1/i9D. The summed E-state index contributed by atoms with van der Waals surface area (Å²) in [4.78, 5) is 11.5. The van der Waals surface area contributed by atoms with Gasteiger partial charge in [-0.2, -0.15) is 0 Å². The SMILES string of the molecule is [2H][C@]1(O)CC(=O)c2ccccc2[C@H]1O. The first kappa shape index (κ1) is 7.24. The number of fused-ring (bicyclic) bond motifs is 1. The van der Waals surface area contributed by atoms with Gasteiger partial charge in [0.05, 0.1) is 7.45 Å². The summed E-state index contributed by atoms with van der Waals surface area (Å²) in [5.41, 5.74) is 0.734. The minimum Gasteiger partial charge on any atom is -0.390 e. The Kier molecular flexibility index (Phi) is 1.64. The summed E-state index contributed by atoms with van der Waals surface area (Å²) in [5, 5.41) is 19.1. The Labute approximate surface area is 77.0 Å². The number of carbonyl (C=O) groups excluding carboxylic acids is 1. The number of aliphatic hydroxyl groups excluding tert-OH is 1. The summed E-state index contributed by atoms with van der Waals surface area (Å²) in [6.07, 6.45) is -3.76. The fourth-order valence-electron chi connectivity index (χ4n) is 1.53. The van der Waals surface area contributed by atoms with Crippen molar-refractivity contribution in [1.29, 1.82) is 0 Å². The Balaban J connectivity index is 2.57. The van der Waals surface area contributed by atoms with Crippen molar-refractivity contribution >= 4 is 5.78 Å². The van der Waals surface area contributed by atoms with Crippen LogP contribution in [0.4, 0.5) is 0 Å². The fourth-order valence-corrected chi connectivity index (χ4v) is 1.53. The average molecular weight is 179 g/mol. The molecule has 2 rings (SSSR count). The molecule has 2 atom stereocenters. The van der Waals surface area contributed by atoms with Gasteiger partial charge in [-0.1, -0.05) is 24.3 Å². The number of rotatable bonds is 0. The van der Waals surface area contributed by atoms with Crippen LogP contribution in [-0.2, 0) is 0 Å². The third kappa shape index (κ3) is 1.26. The molecule has 3 heteroatoms. The summed E-state index contributed by atoms with van der Waals surface area (Å²) < 4.78 is 7.38. The molecule has 0 spiro atoms. The zero-order chi connectivity index (χ0) is 10.3. The zero-order valence-corrected chi connectivity index (χ0v) is 6.90. The largest absolute Gasteiger partial charge is 0.390 e. The second-order valence-corrected chi connectivity index (χ2v) is 3.08. The van der Waals surface area contributed by atoms with Crippen LogP contribution >= 0.6 is 0 Å². The lowest BCUT2D eigenvalue weighted by atomic mass is 9.87. The van der Waals surface area contributed by atoms with Crippen LogP contribution < -0.4 is 0 Å². The van der Waals surface area contributed by atoms with Gasteiger partial charge in [-0.15, -0.1) is 0 Å². The molecule has 1 aromatic carbocycles. The minimum atomic E-state index is -2.09. The first-order chi connectivity index (χ1) is 6.52. The summed E-state index contributed by atoms with van der Waals surface area (Å²) in [6, 6.07) is 6.50. The maximum absolute atomic E-state index is 11.5. The number of hydrogen-bond donors (Lipinski definition) is 2. The molecule has 0 bridgehead atoms. The van der Waals surface area contributed by atoms with Gasteiger partial charge in [0.15, 0.2) is 5.78 Å². The van der Waals surface area contributed by atoms with Gasteiger partial charge in [-0.3, -0.25) is 4.79 Å². The molecule has 13 heavy (non-hydrogen) atoms. The van der Waals surface area contributed by atoms with Crippen LogP contribution in [0.5, 0.6) is 0 Å². The highest BCUT2D eigenvalue weighted by molar-refractivity contribution is 5.99. The van der Waals surface area contributed by atoms with Gasteiger partial charge in [0.25, 0.3) is 0 Å². The van der Waals surface area contributed by atoms with E-state index in [-0.39, 0.29) is 12.2 Å². The monoisotopic (exact) mass is 179 g/mol. The number of carbonyl (C=O) groups is 1. The van der Waals surface area contributed by atoms with Crippen molar-refractivity contribution in [3.8, 4) is 0 Å². The molecule has 0 heterocycles. The maximum Gasteiger partial charge on any atom is 0.165 e. The van der Waals surface area contributed by atoms with Crippen LogP contribution in [0, 0.1) is 0 Å². The van der Waals surface area contributed by atoms with Crippen molar-refractivity contribution in [1.82, 2.24) is 0 Å². The van der Waals surface area contributed by atoms with E-state index in [1.807, 2.05) is 0 Å². The lowest BCUT2D eigenvalue weighted by Crippen LogP contribution is -2.28. The Hall–Kier alpha value is -1.19. The van der Waals surface area contributed by atoms with Gasteiger partial charge in [0.1, 0.15) is 6.10 Å². The second kappa shape index (κ2) is 2.94. The van der Waals surface area contributed by atoms with Gasteiger partial charge in [0.2, 0.25) is 0 Å². The predicted octanol–water partition coefficient (Wildman–Crippen LogP) is 0.667. The Morgan fingerprint density at radius 2 is 2.08 bits per heavy atom. The highest BCUT2D eigenvalue weighted by Crippen LogP contribution is 2.29. The van der Waals surface area contributed by atoms with Gasteiger partial charge in [0, 0.05) is 12.0 Å². The van der Waals surface area contributed by atoms with Crippen molar-refractivity contribution in [2.75, 3.05) is 0 Å². The molecular formula is C10H10O3. The normalized spacial score (nSPS) is 33.8. The first-order valence-electron chi connectivity index (χ1n) is 4.55. The number of hydrogen-bond acceptors (Lipinski definition) is 3. The number of aliphatic hydroxyl groups is 2. The van der Waals surface area contributed by atoms with E-state index in [2.05, 4.69) is 0 Å². The molecule has 68 valence electrons. The summed E-state index contributed by atoms with van der Waals surface area (Å²) in [6.45, 7) is 0. The van der Waals surface area contributed by atoms with Crippen LogP contribution in [0.15, 0.2) is 24.3 Å². The third-order valence-corrected chi connectivity index (χ3v) is 2.21. The van der Waals surface area contributed by atoms with E-state index >= 15 is 0 Å². The summed E-state index contributed by atoms with van der Waals surface area (Å²) in [5.74, 6) is -0.302. The van der Waals surface area contributed by atoms with Crippen molar-refractivity contribution in [2.24, 2.45) is 0 Å². The number of benzene rings is 1. The molecule has 1 aromatic rings. The Morgan fingerprint density at radius 1 is 1.38 bits per heavy atom. The van der Waals surface area contributed by atoms with Crippen molar-refractivity contribution < 1.29 is 16.4 Å². The Morgan fingerprint density at radius 3 is 2.85 bits per heavy atom. The van der Waals surface area contributed by atoms with Crippen LogP contribution in [0.1, 0.15) is 29.8 Å². The molecule has 0 aliphatic heterocycles. The van der Waals surface area contributed by atoms with Crippen LogP contribution in [0.2, 0.25) is 0 Å². The molecule has 0 radical (unpaired) electrons. The van der Waals surface area contributed by atoms with Gasteiger partial charge in [-0.25, -0.2) is 0 Å². The number of Topliss-reactive ketones (excluding diaryl/α,β-unsaturated/α-hetero) is 1. The molecule has 2 N–H and O–H groups in total. The molecule has 0 saturated heterocycles. The van der Waals surface area contributed by atoms with Crippen LogP contribution in [0.25, 0.3) is 0 Å². The summed E-state index contributed by atoms with van der Waals surface area (Å²) >= 11 is 0. The lowest BCUT2D eigenvalue weighted by molar-refractivity contribution is 0.00872. The fraction of sp³-hybridized carbons (Fsp3) is 0.300. The van der Waals surface area contributed by atoms with Gasteiger partial charge in [-0.05, 0) is 5.56 Å². The molecule has 1 aliphatic carbocycles. The van der Waals surface area contributed by atoms with Crippen LogP contribution in [-0.4, -0.2) is 22.1 Å². The lowest BCUT2D eigenvalue weighted by Gasteiger charge is -2.24. The van der Waals surface area contributed by atoms with Gasteiger partial charge >= 0.3 is 0 Å². The molecule has 0 amide bonds. The van der Waals surface area contributed by atoms with Crippen molar-refractivity contribution in [3.05, 3.63) is 35.4 Å². The van der Waals surface area contributed by atoms with Crippen molar-refractivity contribution in [3.63, 3.8) is 0 Å². The maximum atomic E-state index is 11.5. The molecular weight excluding hydrogens is 168 g/mol. The Bertz CT molecular complexity index is 387. The second-order valence-electron chi connectivity index (χ2n) is 3.08. The third-order valence-electron chi connectivity index (χ3n) is 2.21. The minimum absolute atomic E-state index is 0.302. The predicted molar refractivity (Wildman–Crippen MR) is 46.4 cm³/mol. The van der Waals surface area contributed by atoms with E-state index in [0.717, 1.165) is 0 Å². The smallest absolute Gasteiger partial charge is 0.165 e. The van der Waals surface area contributed by atoms with E-state index in [4.69, 9.17) is 1.37 Å². The molecule has 1 aliphatic rings. The first-order valence-corrected chi connectivity index (χ1v) is 4.05. The van der Waals surface area contributed by atoms with Gasteiger partial charge < -0.3 is 10.2 Å². The number of ketones is 1. The quantitative estimate of drug-likeness (QED) is 0.615. The highest BCUT2D eigenvalue weighted by Gasteiger charge is 2.30. The molecule has 0 aromatic heterocycles. The van der Waals surface area contributed by atoms with Crippen LogP contribution in [0.3, 0.4) is 0 Å². The summed E-state index contributed by atoms with van der Waals surface area (Å²) in [7, 11) is 0. The van der Waals surface area contributed by atoms with Crippen molar-refractivity contribution in [2.45, 2.75) is 18.6 Å². The van der Waals surface area contributed by atoms with E-state index in [9.17, 15) is 15.0 Å². The average Bonchev–Trinajstić information content (AvgIpc) is 2.14. The molecule has 0 unspecified atom stereocenters.